The van der Waals surface area contributed by atoms with Crippen LogP contribution in [-0.2, 0) is 0 Å². The van der Waals surface area contributed by atoms with Gasteiger partial charge in [0, 0.05) is 6.54 Å². The molecular weight excluding hydrogens is 174 g/mol. The molecule has 0 bridgehead atoms. The molecule has 0 fully saturated rings. The Balaban J connectivity index is 2.24. The third-order valence-electron chi connectivity index (χ3n) is 2.56. The first-order chi connectivity index (χ1) is 6.86. The fourth-order valence-electron chi connectivity index (χ4n) is 1.92. The molecule has 14 heavy (non-hydrogen) atoms. The van der Waals surface area contributed by atoms with Crippen LogP contribution in [0.2, 0.25) is 0 Å². The molecule has 3 nitrogen and oxygen atoms in total. The molecule has 3 heteroatoms. The Bertz CT molecular complexity index is 311. The van der Waals surface area contributed by atoms with E-state index in [0.29, 0.717) is 0 Å². The van der Waals surface area contributed by atoms with Gasteiger partial charge in [-0.15, -0.1) is 0 Å². The Morgan fingerprint density at radius 1 is 1.36 bits per heavy atom. The SMILES string of the molecule is CCNC1Nc2ccccc2N1CC. The van der Waals surface area contributed by atoms with Gasteiger partial charge in [-0.2, -0.15) is 0 Å². The summed E-state index contributed by atoms with van der Waals surface area (Å²) in [6, 6.07) is 8.42. The first kappa shape index (κ1) is 9.34. The second-order valence-electron chi connectivity index (χ2n) is 3.41. The molecule has 2 rings (SSSR count). The summed E-state index contributed by atoms with van der Waals surface area (Å²) in [6.45, 7) is 6.29. The van der Waals surface area contributed by atoms with Crippen molar-refractivity contribution in [1.29, 1.82) is 0 Å². The van der Waals surface area contributed by atoms with Crippen LogP contribution in [0.5, 0.6) is 0 Å². The van der Waals surface area contributed by atoms with E-state index >= 15 is 0 Å². The molecule has 0 saturated carbocycles. The molecular formula is C11H17N3. The lowest BCUT2D eigenvalue weighted by molar-refractivity contribution is 0.567. The zero-order chi connectivity index (χ0) is 9.97. The number of nitrogens with zero attached hydrogens (tertiary/aromatic N) is 1. The van der Waals surface area contributed by atoms with Crippen LogP contribution in [0.25, 0.3) is 0 Å². The minimum atomic E-state index is 0.252. The van der Waals surface area contributed by atoms with Gasteiger partial charge in [-0.3, -0.25) is 5.32 Å². The van der Waals surface area contributed by atoms with E-state index in [-0.39, 0.29) is 6.29 Å². The van der Waals surface area contributed by atoms with Crippen molar-refractivity contribution >= 4 is 11.4 Å². The highest BCUT2D eigenvalue weighted by molar-refractivity contribution is 5.75. The monoisotopic (exact) mass is 191 g/mol. The average Bonchev–Trinajstić information content (AvgIpc) is 2.55. The third-order valence-corrected chi connectivity index (χ3v) is 2.56. The van der Waals surface area contributed by atoms with E-state index in [1.165, 1.54) is 11.4 Å². The van der Waals surface area contributed by atoms with Crippen molar-refractivity contribution in [2.75, 3.05) is 23.3 Å². The zero-order valence-electron chi connectivity index (χ0n) is 8.75. The number of fused-ring (bicyclic) bond motifs is 1. The minimum absolute atomic E-state index is 0.252. The summed E-state index contributed by atoms with van der Waals surface area (Å²) in [6.07, 6.45) is 0.252. The van der Waals surface area contributed by atoms with Gasteiger partial charge in [0.1, 0.15) is 0 Å². The van der Waals surface area contributed by atoms with Crippen LogP contribution < -0.4 is 15.5 Å². The van der Waals surface area contributed by atoms with E-state index < -0.39 is 0 Å². The Morgan fingerprint density at radius 3 is 2.86 bits per heavy atom. The Morgan fingerprint density at radius 2 is 2.14 bits per heavy atom. The first-order valence-electron chi connectivity index (χ1n) is 5.22. The highest BCUT2D eigenvalue weighted by Crippen LogP contribution is 2.32. The van der Waals surface area contributed by atoms with Crippen molar-refractivity contribution in [3.05, 3.63) is 24.3 Å². The van der Waals surface area contributed by atoms with Gasteiger partial charge in [-0.1, -0.05) is 19.1 Å². The summed E-state index contributed by atoms with van der Waals surface area (Å²) in [4.78, 5) is 2.33. The molecule has 0 aromatic heterocycles. The quantitative estimate of drug-likeness (QED) is 0.763. The van der Waals surface area contributed by atoms with Crippen molar-refractivity contribution in [3.63, 3.8) is 0 Å². The summed E-state index contributed by atoms with van der Waals surface area (Å²) in [5.41, 5.74) is 2.52. The van der Waals surface area contributed by atoms with Crippen LogP contribution in [0, 0.1) is 0 Å². The Kier molecular flexibility index (Phi) is 2.59. The second kappa shape index (κ2) is 3.88. The normalized spacial score (nSPS) is 19.3. The van der Waals surface area contributed by atoms with Crippen molar-refractivity contribution < 1.29 is 0 Å². The van der Waals surface area contributed by atoms with Gasteiger partial charge in [0.05, 0.1) is 11.4 Å². The van der Waals surface area contributed by atoms with Crippen LogP contribution >= 0.6 is 0 Å². The van der Waals surface area contributed by atoms with Crippen LogP contribution in [-0.4, -0.2) is 19.4 Å². The maximum atomic E-state index is 3.45. The summed E-state index contributed by atoms with van der Waals surface area (Å²) < 4.78 is 0. The standard InChI is InChI=1S/C11H17N3/c1-3-12-11-13-9-7-5-6-8-10(9)14(11)4-2/h5-8,11-13H,3-4H2,1-2H3. The maximum absolute atomic E-state index is 3.45. The van der Waals surface area contributed by atoms with E-state index in [2.05, 4.69) is 53.6 Å². The van der Waals surface area contributed by atoms with E-state index in [9.17, 15) is 0 Å². The van der Waals surface area contributed by atoms with Gasteiger partial charge < -0.3 is 10.2 Å². The topological polar surface area (TPSA) is 27.3 Å². The number of hydrogen-bond donors (Lipinski definition) is 2. The maximum Gasteiger partial charge on any atom is 0.155 e. The van der Waals surface area contributed by atoms with Crippen molar-refractivity contribution in [2.24, 2.45) is 0 Å². The van der Waals surface area contributed by atoms with Gasteiger partial charge >= 0.3 is 0 Å². The van der Waals surface area contributed by atoms with Gasteiger partial charge in [0.25, 0.3) is 0 Å². The lowest BCUT2D eigenvalue weighted by Gasteiger charge is -2.25. The molecule has 1 aromatic carbocycles. The van der Waals surface area contributed by atoms with Crippen molar-refractivity contribution in [3.8, 4) is 0 Å². The molecule has 1 atom stereocenters. The third kappa shape index (κ3) is 1.44. The van der Waals surface area contributed by atoms with E-state index in [1.54, 1.807) is 0 Å². The summed E-state index contributed by atoms with van der Waals surface area (Å²) in [5, 5.41) is 6.86. The lowest BCUT2D eigenvalue weighted by Crippen LogP contribution is -2.47. The highest BCUT2D eigenvalue weighted by Gasteiger charge is 2.25. The van der Waals surface area contributed by atoms with Crippen molar-refractivity contribution in [1.82, 2.24) is 5.32 Å². The fourth-order valence-corrected chi connectivity index (χ4v) is 1.92. The Labute approximate surface area is 85.1 Å². The molecule has 1 aliphatic rings. The smallest absolute Gasteiger partial charge is 0.155 e. The minimum Gasteiger partial charge on any atom is -0.351 e. The number of benzene rings is 1. The number of para-hydroxylation sites is 2. The lowest BCUT2D eigenvalue weighted by atomic mass is 10.3. The Hall–Kier alpha value is -1.22. The predicted octanol–water partition coefficient (Wildman–Crippen LogP) is 1.83. The number of anilines is 2. The largest absolute Gasteiger partial charge is 0.351 e. The van der Waals surface area contributed by atoms with Gasteiger partial charge in [0.2, 0.25) is 0 Å². The number of rotatable bonds is 3. The van der Waals surface area contributed by atoms with Crippen molar-refractivity contribution in [2.45, 2.75) is 20.1 Å². The van der Waals surface area contributed by atoms with E-state index in [4.69, 9.17) is 0 Å². The van der Waals surface area contributed by atoms with Crippen LogP contribution in [0.15, 0.2) is 24.3 Å². The highest BCUT2D eigenvalue weighted by atomic mass is 15.4. The number of hydrogen-bond acceptors (Lipinski definition) is 3. The molecule has 0 spiro atoms. The van der Waals surface area contributed by atoms with Gasteiger partial charge in [0.15, 0.2) is 6.29 Å². The van der Waals surface area contributed by atoms with Crippen LogP contribution in [0.4, 0.5) is 11.4 Å². The molecule has 0 radical (unpaired) electrons. The average molecular weight is 191 g/mol. The predicted molar refractivity (Wildman–Crippen MR) is 60.5 cm³/mol. The molecule has 0 aliphatic carbocycles. The summed E-state index contributed by atoms with van der Waals surface area (Å²) in [5.74, 6) is 0. The summed E-state index contributed by atoms with van der Waals surface area (Å²) in [7, 11) is 0. The van der Waals surface area contributed by atoms with E-state index in [0.717, 1.165) is 13.1 Å². The molecule has 1 unspecified atom stereocenters. The molecule has 1 aromatic rings. The first-order valence-corrected chi connectivity index (χ1v) is 5.22. The van der Waals surface area contributed by atoms with Gasteiger partial charge in [-0.05, 0) is 25.6 Å². The fraction of sp³-hybridized carbons (Fsp3) is 0.455. The molecule has 2 N–H and O–H groups in total. The molecule has 76 valence electrons. The van der Waals surface area contributed by atoms with Crippen LogP contribution in [0.3, 0.4) is 0 Å². The molecule has 1 aliphatic heterocycles. The number of nitrogens with one attached hydrogen (secondary N) is 2. The zero-order valence-corrected chi connectivity index (χ0v) is 8.75. The van der Waals surface area contributed by atoms with Gasteiger partial charge in [-0.25, -0.2) is 0 Å². The second-order valence-corrected chi connectivity index (χ2v) is 3.41. The molecule has 0 amide bonds. The molecule has 1 heterocycles. The molecule has 0 saturated heterocycles. The van der Waals surface area contributed by atoms with E-state index in [1.807, 2.05) is 0 Å². The van der Waals surface area contributed by atoms with Crippen LogP contribution in [0.1, 0.15) is 13.8 Å². The summed E-state index contributed by atoms with van der Waals surface area (Å²) >= 11 is 0.